The van der Waals surface area contributed by atoms with Crippen LogP contribution in [-0.4, -0.2) is 16.8 Å². The Hall–Kier alpha value is -1.42. The molecule has 9 heteroatoms. The molecule has 0 heterocycles. The van der Waals surface area contributed by atoms with Gasteiger partial charge in [0.2, 0.25) is 20.0 Å². The fourth-order valence-electron chi connectivity index (χ4n) is 1.45. The van der Waals surface area contributed by atoms with Gasteiger partial charge in [0.15, 0.2) is 0 Å². The average Bonchev–Trinajstić information content (AvgIpc) is 2.13. The van der Waals surface area contributed by atoms with Crippen molar-refractivity contribution in [2.75, 3.05) is 5.73 Å². The normalized spacial score (nSPS) is 12.3. The van der Waals surface area contributed by atoms with E-state index in [1.807, 2.05) is 0 Å². The molecule has 6 N–H and O–H groups in total. The molecular weight excluding hydrogens is 278 g/mol. The van der Waals surface area contributed by atoms with Gasteiger partial charge in [-0.3, -0.25) is 0 Å². The minimum absolute atomic E-state index is 0.137. The van der Waals surface area contributed by atoms with Crippen molar-refractivity contribution in [3.63, 3.8) is 0 Å². The molecule has 0 aliphatic heterocycles. The lowest BCUT2D eigenvalue weighted by atomic mass is 10.1. The first-order valence-electron chi connectivity index (χ1n) is 4.66. The Labute approximate surface area is 105 Å². The van der Waals surface area contributed by atoms with Crippen molar-refractivity contribution >= 4 is 25.7 Å². The summed E-state index contributed by atoms with van der Waals surface area (Å²) in [5, 5.41) is 9.94. The summed E-state index contributed by atoms with van der Waals surface area (Å²) in [6.45, 7) is 3.46. The van der Waals surface area contributed by atoms with Gasteiger partial charge in [0.1, 0.15) is 4.90 Å². The van der Waals surface area contributed by atoms with Crippen LogP contribution in [0.25, 0.3) is 0 Å². The lowest BCUT2D eigenvalue weighted by molar-refractivity contribution is 0.595. The van der Waals surface area contributed by atoms with Crippen LogP contribution >= 0.6 is 0 Å². The number of anilines is 1. The number of hydrogen-bond donors (Lipinski definition) is 3. The summed E-state index contributed by atoms with van der Waals surface area (Å²) in [6, 6.07) is 2.07. The summed E-state index contributed by atoms with van der Waals surface area (Å²) < 4.78 is 45.3. The molecule has 0 spiro atoms. The molecule has 0 atom stereocenters. The van der Waals surface area contributed by atoms with E-state index in [-0.39, 0.29) is 22.6 Å². The third-order valence-corrected chi connectivity index (χ3v) is 4.13. The van der Waals surface area contributed by atoms with Gasteiger partial charge in [-0.05, 0) is 24.1 Å². The first-order chi connectivity index (χ1) is 8.07. The first-order valence-corrected chi connectivity index (χ1v) is 7.75. The van der Waals surface area contributed by atoms with Crippen LogP contribution in [0.5, 0.6) is 0 Å². The molecule has 0 saturated carbocycles. The third kappa shape index (κ3) is 3.07. The number of hydrogen-bond acceptors (Lipinski definition) is 5. The van der Waals surface area contributed by atoms with Gasteiger partial charge in [-0.25, -0.2) is 27.1 Å². The van der Waals surface area contributed by atoms with E-state index >= 15 is 0 Å². The Kier molecular flexibility index (Phi) is 3.81. The first kappa shape index (κ1) is 14.6. The largest absolute Gasteiger partial charge is 0.398 e. The van der Waals surface area contributed by atoms with Gasteiger partial charge in [-0.2, -0.15) is 0 Å². The second-order valence-electron chi connectivity index (χ2n) is 3.58. The zero-order valence-electron chi connectivity index (χ0n) is 9.33. The maximum absolute atomic E-state index is 11.4. The van der Waals surface area contributed by atoms with E-state index in [0.29, 0.717) is 0 Å². The van der Waals surface area contributed by atoms with Crippen LogP contribution in [0.3, 0.4) is 0 Å². The summed E-state index contributed by atoms with van der Waals surface area (Å²) in [6.07, 6.45) is 1.63. The van der Waals surface area contributed by atoms with Crippen LogP contribution in [0.4, 0.5) is 5.69 Å². The Morgan fingerprint density at radius 2 is 1.56 bits per heavy atom. The van der Waals surface area contributed by atoms with E-state index < -0.39 is 24.9 Å². The summed E-state index contributed by atoms with van der Waals surface area (Å²) in [5.41, 5.74) is 5.65. The molecule has 0 fully saturated rings. The lowest BCUT2D eigenvalue weighted by Crippen LogP contribution is -2.19. The molecule has 0 aromatic heterocycles. The van der Waals surface area contributed by atoms with Crippen molar-refractivity contribution in [3.05, 3.63) is 30.4 Å². The predicted octanol–water partition coefficient (Wildman–Crippen LogP) is -0.708. The van der Waals surface area contributed by atoms with Gasteiger partial charge < -0.3 is 5.73 Å². The minimum atomic E-state index is -4.12. The summed E-state index contributed by atoms with van der Waals surface area (Å²) in [4.78, 5) is -0.806. The molecule has 0 amide bonds. The zero-order chi connectivity index (χ0) is 14.1. The van der Waals surface area contributed by atoms with Crippen LogP contribution in [0, 0.1) is 0 Å². The van der Waals surface area contributed by atoms with E-state index in [9.17, 15) is 16.8 Å². The summed E-state index contributed by atoms with van der Waals surface area (Å²) >= 11 is 0. The Balaban J connectivity index is 3.72. The number of primary sulfonamides is 2. The van der Waals surface area contributed by atoms with Crippen molar-refractivity contribution in [3.8, 4) is 0 Å². The van der Waals surface area contributed by atoms with E-state index in [0.717, 1.165) is 6.07 Å². The molecule has 0 aliphatic carbocycles. The molecule has 100 valence electrons. The second-order valence-corrected chi connectivity index (χ2v) is 6.64. The van der Waals surface area contributed by atoms with Gasteiger partial charge in [0.05, 0.1) is 10.6 Å². The molecule has 1 aromatic carbocycles. The fourth-order valence-corrected chi connectivity index (χ4v) is 2.99. The lowest BCUT2D eigenvalue weighted by Gasteiger charge is -2.10. The number of nitrogen functional groups attached to an aromatic ring is 1. The van der Waals surface area contributed by atoms with Gasteiger partial charge in [0, 0.05) is 0 Å². The maximum Gasteiger partial charge on any atom is 0.240 e. The van der Waals surface area contributed by atoms with Crippen LogP contribution in [-0.2, 0) is 26.5 Å². The monoisotopic (exact) mass is 291 g/mol. The smallest absolute Gasteiger partial charge is 0.240 e. The minimum Gasteiger partial charge on any atom is -0.398 e. The zero-order valence-corrected chi connectivity index (χ0v) is 11.0. The van der Waals surface area contributed by atoms with Gasteiger partial charge in [-0.15, -0.1) is 6.58 Å². The number of rotatable bonds is 4. The topological polar surface area (TPSA) is 146 Å². The second kappa shape index (κ2) is 4.69. The van der Waals surface area contributed by atoms with Gasteiger partial charge in [0.25, 0.3) is 0 Å². The quantitative estimate of drug-likeness (QED) is 0.495. The van der Waals surface area contributed by atoms with Gasteiger partial charge in [-0.1, -0.05) is 6.08 Å². The van der Waals surface area contributed by atoms with Crippen molar-refractivity contribution in [2.45, 2.75) is 16.2 Å². The number of nitrogens with two attached hydrogens (primary N) is 3. The summed E-state index contributed by atoms with van der Waals surface area (Å²) in [7, 11) is -8.20. The third-order valence-electron chi connectivity index (χ3n) is 2.17. The molecule has 0 saturated heterocycles. The molecule has 0 aliphatic rings. The molecule has 0 radical (unpaired) electrons. The highest BCUT2D eigenvalue weighted by molar-refractivity contribution is 7.90. The van der Waals surface area contributed by atoms with Crippen molar-refractivity contribution in [1.82, 2.24) is 0 Å². The fraction of sp³-hybridized carbons (Fsp3) is 0.111. The van der Waals surface area contributed by atoms with Crippen molar-refractivity contribution in [1.29, 1.82) is 0 Å². The predicted molar refractivity (Wildman–Crippen MR) is 67.5 cm³/mol. The highest BCUT2D eigenvalue weighted by Gasteiger charge is 2.21. The standard InChI is InChI=1S/C9H13N3O4S2/c1-2-3-6-4-7(10)9(18(12,15)16)5-8(6)17(11,13)14/h2,4-5H,1,3,10H2,(H2,11,13,14)(H2,12,15,16). The van der Waals surface area contributed by atoms with E-state index in [4.69, 9.17) is 16.0 Å². The SMILES string of the molecule is C=CCc1cc(N)c(S(N)(=O)=O)cc1S(N)(=O)=O. The molecular formula is C9H13N3O4S2. The Bertz CT molecular complexity index is 693. The number of sulfonamides is 2. The van der Waals surface area contributed by atoms with E-state index in [1.165, 1.54) is 12.1 Å². The van der Waals surface area contributed by atoms with Crippen LogP contribution in [0.15, 0.2) is 34.6 Å². The summed E-state index contributed by atoms with van der Waals surface area (Å²) in [5.74, 6) is 0. The van der Waals surface area contributed by atoms with E-state index in [2.05, 4.69) is 6.58 Å². The molecule has 0 bridgehead atoms. The van der Waals surface area contributed by atoms with Crippen LogP contribution < -0.4 is 16.0 Å². The molecule has 7 nitrogen and oxygen atoms in total. The van der Waals surface area contributed by atoms with Crippen molar-refractivity contribution < 1.29 is 16.8 Å². The highest BCUT2D eigenvalue weighted by atomic mass is 32.2. The van der Waals surface area contributed by atoms with Crippen LogP contribution in [0.1, 0.15) is 5.56 Å². The van der Waals surface area contributed by atoms with Gasteiger partial charge >= 0.3 is 0 Å². The maximum atomic E-state index is 11.4. The Morgan fingerprint density at radius 3 is 1.94 bits per heavy atom. The number of allylic oxidation sites excluding steroid dienone is 1. The highest BCUT2D eigenvalue weighted by Crippen LogP contribution is 2.25. The number of benzene rings is 1. The van der Waals surface area contributed by atoms with Crippen LogP contribution in [0.2, 0.25) is 0 Å². The molecule has 1 rings (SSSR count). The average molecular weight is 291 g/mol. The molecule has 0 unspecified atom stereocenters. The van der Waals surface area contributed by atoms with Crippen molar-refractivity contribution in [2.24, 2.45) is 10.3 Å². The van der Waals surface area contributed by atoms with E-state index in [1.54, 1.807) is 0 Å². The Morgan fingerprint density at radius 1 is 1.06 bits per heavy atom. The molecule has 18 heavy (non-hydrogen) atoms. The molecule has 1 aromatic rings.